The molecule has 0 unspecified atom stereocenters. The fourth-order valence-electron chi connectivity index (χ4n) is 4.03. The second kappa shape index (κ2) is 10.9. The number of hydrogen-bond donors (Lipinski definition) is 2. The average molecular weight is 526 g/mol. The van der Waals surface area contributed by atoms with E-state index in [9.17, 15) is 9.59 Å². The molecule has 0 aliphatic heterocycles. The van der Waals surface area contributed by atoms with Crippen molar-refractivity contribution < 1.29 is 9.53 Å². The molecule has 0 fully saturated rings. The molecule has 2 N–H and O–H groups in total. The Balaban J connectivity index is 1.48. The highest BCUT2D eigenvalue weighted by Crippen LogP contribution is 2.28. The van der Waals surface area contributed by atoms with Gasteiger partial charge in [0.2, 0.25) is 5.95 Å². The Hall–Kier alpha value is -4.50. The van der Waals surface area contributed by atoms with Gasteiger partial charge >= 0.3 is 0 Å². The summed E-state index contributed by atoms with van der Waals surface area (Å²) in [6.07, 6.45) is 0.506. The molecule has 1 amide bonds. The summed E-state index contributed by atoms with van der Waals surface area (Å²) in [5, 5.41) is 9.55. The topological polar surface area (TPSA) is 102 Å². The van der Waals surface area contributed by atoms with E-state index in [1.165, 1.54) is 16.0 Å². The van der Waals surface area contributed by atoms with Crippen LogP contribution < -0.4 is 15.6 Å². The molecule has 3 heterocycles. The lowest BCUT2D eigenvalue weighted by atomic mass is 10.1. The van der Waals surface area contributed by atoms with Crippen molar-refractivity contribution in [2.75, 3.05) is 5.32 Å². The highest BCUT2D eigenvalue weighted by Gasteiger charge is 2.19. The lowest BCUT2D eigenvalue weighted by Gasteiger charge is -2.12. The zero-order valence-electron chi connectivity index (χ0n) is 21.3. The molecular weight excluding hydrogens is 498 g/mol. The molecule has 0 aliphatic rings. The first-order valence-corrected chi connectivity index (χ1v) is 13.1. The van der Waals surface area contributed by atoms with Crippen LogP contribution in [0.4, 0.5) is 5.82 Å². The quantitative estimate of drug-likeness (QED) is 0.274. The van der Waals surface area contributed by atoms with Crippen molar-refractivity contribution in [3.8, 4) is 22.3 Å². The number of carbonyl (C=O) groups excluding carboxylic acids is 1. The molecule has 5 aromatic rings. The summed E-state index contributed by atoms with van der Waals surface area (Å²) in [6.45, 7) is 5.70. The van der Waals surface area contributed by atoms with E-state index in [4.69, 9.17) is 4.74 Å². The Kier molecular flexibility index (Phi) is 7.19. The van der Waals surface area contributed by atoms with E-state index in [0.29, 0.717) is 40.5 Å². The van der Waals surface area contributed by atoms with Gasteiger partial charge in [0.15, 0.2) is 0 Å². The molecule has 5 rings (SSSR count). The summed E-state index contributed by atoms with van der Waals surface area (Å²) >= 11 is 1.53. The zero-order chi connectivity index (χ0) is 26.6. The first kappa shape index (κ1) is 25.2. The molecule has 3 aromatic heterocycles. The van der Waals surface area contributed by atoms with Gasteiger partial charge in [0.05, 0.1) is 16.7 Å². The van der Waals surface area contributed by atoms with E-state index in [1.54, 1.807) is 37.3 Å². The summed E-state index contributed by atoms with van der Waals surface area (Å²) in [7, 11) is 0. The monoisotopic (exact) mass is 525 g/mol. The minimum Gasteiger partial charge on any atom is -0.491 e. The first-order valence-electron chi connectivity index (χ1n) is 12.2. The maximum atomic E-state index is 13.1. The van der Waals surface area contributed by atoms with Gasteiger partial charge in [0, 0.05) is 23.6 Å². The van der Waals surface area contributed by atoms with Crippen LogP contribution in [0.1, 0.15) is 41.0 Å². The van der Waals surface area contributed by atoms with Crippen LogP contribution in [0.15, 0.2) is 83.0 Å². The molecule has 0 saturated carbocycles. The van der Waals surface area contributed by atoms with Gasteiger partial charge in [-0.15, -0.1) is 11.3 Å². The zero-order valence-corrected chi connectivity index (χ0v) is 22.1. The summed E-state index contributed by atoms with van der Waals surface area (Å²) in [5.41, 5.74) is 3.07. The Morgan fingerprint density at radius 1 is 1.08 bits per heavy atom. The molecule has 0 saturated heterocycles. The number of ether oxygens (including phenoxy) is 1. The minimum absolute atomic E-state index is 0.0388. The van der Waals surface area contributed by atoms with E-state index in [-0.39, 0.29) is 23.5 Å². The SMILES string of the molecule is Cc1nc(-n2nc(-c3cccs3)cc2NC(=O)c2ccc(OC(C)C)cc2)[nH]c(=O)c1Cc1ccccc1. The number of thiophene rings is 1. The van der Waals surface area contributed by atoms with E-state index in [0.717, 1.165) is 10.4 Å². The van der Waals surface area contributed by atoms with Gasteiger partial charge < -0.3 is 10.1 Å². The van der Waals surface area contributed by atoms with Crippen molar-refractivity contribution in [2.45, 2.75) is 33.3 Å². The van der Waals surface area contributed by atoms with Gasteiger partial charge in [0.25, 0.3) is 11.5 Å². The van der Waals surface area contributed by atoms with Gasteiger partial charge in [0.1, 0.15) is 17.3 Å². The fraction of sp³-hybridized carbons (Fsp3) is 0.172. The van der Waals surface area contributed by atoms with Gasteiger partial charge in [-0.3, -0.25) is 14.6 Å². The molecule has 38 heavy (non-hydrogen) atoms. The Morgan fingerprint density at radius 3 is 2.50 bits per heavy atom. The van der Waals surface area contributed by atoms with Crippen LogP contribution in [-0.2, 0) is 6.42 Å². The predicted octanol–water partition coefficient (Wildman–Crippen LogP) is 5.62. The predicted molar refractivity (Wildman–Crippen MR) is 149 cm³/mol. The number of aromatic amines is 1. The summed E-state index contributed by atoms with van der Waals surface area (Å²) in [6, 6.07) is 22.3. The first-order chi connectivity index (χ1) is 18.4. The lowest BCUT2D eigenvalue weighted by molar-refractivity contribution is 0.102. The third-order valence-corrected chi connectivity index (χ3v) is 6.74. The molecule has 0 aliphatic carbocycles. The minimum atomic E-state index is -0.320. The van der Waals surface area contributed by atoms with E-state index in [2.05, 4.69) is 20.4 Å². The third kappa shape index (κ3) is 5.57. The van der Waals surface area contributed by atoms with E-state index in [1.807, 2.05) is 61.7 Å². The Labute approximate surface area is 224 Å². The molecule has 0 atom stereocenters. The lowest BCUT2D eigenvalue weighted by Crippen LogP contribution is -2.22. The summed E-state index contributed by atoms with van der Waals surface area (Å²) in [5.74, 6) is 0.983. The number of nitrogens with one attached hydrogen (secondary N) is 2. The van der Waals surface area contributed by atoms with Crippen LogP contribution in [0.3, 0.4) is 0 Å². The number of hydrogen-bond acceptors (Lipinski definition) is 6. The van der Waals surface area contributed by atoms with Crippen LogP contribution in [0, 0.1) is 6.92 Å². The van der Waals surface area contributed by atoms with Crippen molar-refractivity contribution in [3.05, 3.63) is 111 Å². The smallest absolute Gasteiger partial charge is 0.256 e. The van der Waals surface area contributed by atoms with Crippen LogP contribution in [0.2, 0.25) is 0 Å². The fourth-order valence-corrected chi connectivity index (χ4v) is 4.71. The normalized spacial score (nSPS) is 11.1. The summed E-state index contributed by atoms with van der Waals surface area (Å²) < 4.78 is 7.13. The number of amides is 1. The Bertz CT molecular complexity index is 1600. The number of aromatic nitrogens is 4. The standard InChI is InChI=1S/C29H27N5O3S/c1-18(2)37-22-13-11-21(12-14-22)27(35)31-26-17-24(25-10-7-15-38-25)33-34(26)29-30-19(3)23(28(36)32-29)16-20-8-5-4-6-9-20/h4-15,17-18H,16H2,1-3H3,(H,31,35)(H,30,32,36). The molecule has 2 aromatic carbocycles. The summed E-state index contributed by atoms with van der Waals surface area (Å²) in [4.78, 5) is 34.7. The second-order valence-electron chi connectivity index (χ2n) is 9.06. The van der Waals surface area contributed by atoms with Crippen LogP contribution >= 0.6 is 11.3 Å². The molecule has 0 bridgehead atoms. The van der Waals surface area contributed by atoms with E-state index >= 15 is 0 Å². The van der Waals surface area contributed by atoms with Crippen molar-refractivity contribution in [1.29, 1.82) is 0 Å². The van der Waals surface area contributed by atoms with Crippen LogP contribution in [0.5, 0.6) is 5.75 Å². The number of benzene rings is 2. The van der Waals surface area contributed by atoms with Gasteiger partial charge in [-0.05, 0) is 62.0 Å². The maximum absolute atomic E-state index is 13.1. The number of aryl methyl sites for hydroxylation is 1. The molecule has 9 heteroatoms. The van der Waals surface area contributed by atoms with Crippen molar-refractivity contribution in [3.63, 3.8) is 0 Å². The third-order valence-electron chi connectivity index (χ3n) is 5.85. The maximum Gasteiger partial charge on any atom is 0.256 e. The van der Waals surface area contributed by atoms with Gasteiger partial charge in [-0.2, -0.15) is 9.78 Å². The molecule has 8 nitrogen and oxygen atoms in total. The molecule has 0 spiro atoms. The van der Waals surface area contributed by atoms with E-state index < -0.39 is 0 Å². The largest absolute Gasteiger partial charge is 0.491 e. The van der Waals surface area contributed by atoms with Crippen molar-refractivity contribution >= 4 is 23.1 Å². The van der Waals surface area contributed by atoms with Crippen molar-refractivity contribution in [2.24, 2.45) is 0 Å². The van der Waals surface area contributed by atoms with Gasteiger partial charge in [-0.25, -0.2) is 4.98 Å². The number of nitrogens with zero attached hydrogens (tertiary/aromatic N) is 3. The molecule has 192 valence electrons. The number of H-pyrrole nitrogens is 1. The molecular formula is C29H27N5O3S. The van der Waals surface area contributed by atoms with Gasteiger partial charge in [-0.1, -0.05) is 36.4 Å². The van der Waals surface area contributed by atoms with Crippen LogP contribution in [-0.4, -0.2) is 31.8 Å². The van der Waals surface area contributed by atoms with Crippen LogP contribution in [0.25, 0.3) is 16.5 Å². The number of rotatable bonds is 8. The molecule has 0 radical (unpaired) electrons. The second-order valence-corrected chi connectivity index (χ2v) is 10.0. The average Bonchev–Trinajstić information content (AvgIpc) is 3.57. The highest BCUT2D eigenvalue weighted by molar-refractivity contribution is 7.13. The Morgan fingerprint density at radius 2 is 1.84 bits per heavy atom. The van der Waals surface area contributed by atoms with Crippen molar-refractivity contribution in [1.82, 2.24) is 19.7 Å². The number of anilines is 1. The number of carbonyl (C=O) groups is 1. The highest BCUT2D eigenvalue weighted by atomic mass is 32.1.